The van der Waals surface area contributed by atoms with Gasteiger partial charge in [0.25, 0.3) is 13.9 Å². The van der Waals surface area contributed by atoms with Crippen LogP contribution >= 0.6 is 0 Å². The molecule has 0 spiro atoms. The van der Waals surface area contributed by atoms with E-state index in [-0.39, 0.29) is 22.6 Å². The van der Waals surface area contributed by atoms with Gasteiger partial charge in [0.1, 0.15) is 11.5 Å². The number of H-pyrrole nitrogens is 1. The summed E-state index contributed by atoms with van der Waals surface area (Å²) in [5, 5.41) is 7.06. The van der Waals surface area contributed by atoms with Crippen LogP contribution in [0, 0.1) is 0 Å². The molecule has 0 amide bonds. The number of ether oxygens (including phenoxy) is 3. The molecule has 4 atom stereocenters. The van der Waals surface area contributed by atoms with Crippen molar-refractivity contribution in [2.45, 2.75) is 70.8 Å². The molecule has 1 aliphatic heterocycles. The Hall–Kier alpha value is -3.68. The third kappa shape index (κ3) is 6.95. The van der Waals surface area contributed by atoms with Crippen molar-refractivity contribution in [1.29, 1.82) is 0 Å². The second-order valence-corrected chi connectivity index (χ2v) is 16.8. The first-order valence-corrected chi connectivity index (χ1v) is 17.3. The Balaban J connectivity index is 1.50. The van der Waals surface area contributed by atoms with Crippen molar-refractivity contribution in [3.8, 4) is 0 Å². The summed E-state index contributed by atoms with van der Waals surface area (Å²) in [6.07, 6.45) is 1.76. The molecular weight excluding hydrogens is 588 g/mol. The predicted molar refractivity (Wildman–Crippen MR) is 178 cm³/mol. The maximum Gasteiger partial charge on any atom is 0.263 e. The summed E-state index contributed by atoms with van der Waals surface area (Å²) >= 11 is 0. The highest BCUT2D eigenvalue weighted by atomic mass is 28.4. The molecule has 0 aliphatic carbocycles. The smallest absolute Gasteiger partial charge is 0.263 e. The third-order valence-electron chi connectivity index (χ3n) is 7.96. The quantitative estimate of drug-likeness (QED) is 0.108. The van der Waals surface area contributed by atoms with Crippen LogP contribution in [0.3, 0.4) is 0 Å². The summed E-state index contributed by atoms with van der Waals surface area (Å²) in [7, 11) is 0.851. The molecule has 2 aromatic heterocycles. The van der Waals surface area contributed by atoms with Gasteiger partial charge in [0.15, 0.2) is 18.2 Å². The maximum absolute atomic E-state index is 12.9. The average molecular weight is 633 g/mol. The van der Waals surface area contributed by atoms with Gasteiger partial charge in [0.2, 0.25) is 5.95 Å². The van der Waals surface area contributed by atoms with Gasteiger partial charge < -0.3 is 23.5 Å². The minimum atomic E-state index is -2.83. The van der Waals surface area contributed by atoms with Crippen LogP contribution in [-0.4, -0.2) is 85.1 Å². The van der Waals surface area contributed by atoms with Gasteiger partial charge in [-0.2, -0.15) is 10.1 Å². The lowest BCUT2D eigenvalue weighted by atomic mass is 10.2. The number of rotatable bonds is 12. The van der Waals surface area contributed by atoms with Crippen LogP contribution < -0.4 is 15.9 Å². The Morgan fingerprint density at radius 2 is 1.78 bits per heavy atom. The van der Waals surface area contributed by atoms with Gasteiger partial charge in [-0.15, -0.1) is 0 Å². The molecule has 12 heteroatoms. The first-order valence-electron chi connectivity index (χ1n) is 15.4. The topological polar surface area (TPSA) is 116 Å². The van der Waals surface area contributed by atoms with E-state index in [1.54, 1.807) is 15.9 Å². The summed E-state index contributed by atoms with van der Waals surface area (Å²) in [4.78, 5) is 26.2. The van der Waals surface area contributed by atoms with Crippen molar-refractivity contribution in [2.75, 3.05) is 27.3 Å². The normalized spacial score (nSPS) is 19.8. The van der Waals surface area contributed by atoms with E-state index in [1.165, 1.54) is 16.6 Å². The molecule has 1 unspecified atom stereocenters. The zero-order valence-electron chi connectivity index (χ0n) is 27.1. The fourth-order valence-corrected chi connectivity index (χ4v) is 10.6. The summed E-state index contributed by atoms with van der Waals surface area (Å²) in [5.74, 6) is 0.185. The van der Waals surface area contributed by atoms with E-state index in [0.717, 1.165) is 0 Å². The van der Waals surface area contributed by atoms with Crippen LogP contribution in [0.2, 0.25) is 5.04 Å². The minimum absolute atomic E-state index is 0.185. The molecule has 45 heavy (non-hydrogen) atoms. The molecule has 0 radical (unpaired) electrons. The van der Waals surface area contributed by atoms with Gasteiger partial charge >= 0.3 is 0 Å². The Morgan fingerprint density at radius 3 is 2.36 bits per heavy atom. The van der Waals surface area contributed by atoms with Gasteiger partial charge in [-0.05, 0) is 29.3 Å². The molecule has 240 valence electrons. The van der Waals surface area contributed by atoms with Gasteiger partial charge in [-0.3, -0.25) is 9.78 Å². The van der Waals surface area contributed by atoms with E-state index < -0.39 is 26.9 Å². The number of aliphatic imine (C=N–C) groups is 1. The van der Waals surface area contributed by atoms with Gasteiger partial charge in [0, 0.05) is 27.1 Å². The van der Waals surface area contributed by atoms with E-state index >= 15 is 0 Å². The first kappa shape index (κ1) is 32.7. The molecule has 11 nitrogen and oxygen atoms in total. The van der Waals surface area contributed by atoms with Crippen LogP contribution in [-0.2, 0) is 18.6 Å². The minimum Gasteiger partial charge on any atom is -0.405 e. The molecule has 0 bridgehead atoms. The molecular formula is C33H44N6O5Si. The van der Waals surface area contributed by atoms with Crippen molar-refractivity contribution in [3.63, 3.8) is 0 Å². The number of aromatic nitrogens is 4. The van der Waals surface area contributed by atoms with Crippen molar-refractivity contribution in [2.24, 2.45) is 4.99 Å². The Labute approximate surface area is 265 Å². The lowest BCUT2D eigenvalue weighted by Crippen LogP contribution is -2.67. The van der Waals surface area contributed by atoms with Crippen LogP contribution in [0.25, 0.3) is 11.0 Å². The summed E-state index contributed by atoms with van der Waals surface area (Å²) in [6, 6.07) is 21.0. The molecule has 4 aromatic rings. The SMILES string of the molecule is CCOC(C)O[C@@H]1C[C@H](n2ncc3c(=O)[nH]c(N=CN(C)C)nc32)O[C@@H]1CO[Si](c1ccccc1)(c1ccccc1)C(C)(C)C. The summed E-state index contributed by atoms with van der Waals surface area (Å²) in [5.41, 5.74) is 0.0688. The molecule has 1 fully saturated rings. The molecule has 3 heterocycles. The van der Waals surface area contributed by atoms with E-state index in [0.29, 0.717) is 30.7 Å². The lowest BCUT2D eigenvalue weighted by molar-refractivity contribution is -0.172. The highest BCUT2D eigenvalue weighted by Gasteiger charge is 2.51. The lowest BCUT2D eigenvalue weighted by Gasteiger charge is -2.43. The predicted octanol–water partition coefficient (Wildman–Crippen LogP) is 3.97. The second kappa shape index (κ2) is 13.8. The highest BCUT2D eigenvalue weighted by Crippen LogP contribution is 2.39. The molecule has 0 saturated carbocycles. The molecule has 5 rings (SSSR count). The fraction of sp³-hybridized carbons (Fsp3) is 0.455. The second-order valence-electron chi connectivity index (χ2n) is 12.5. The van der Waals surface area contributed by atoms with E-state index in [2.05, 4.69) is 89.4 Å². The number of fused-ring (bicyclic) bond motifs is 1. The molecule has 1 N–H and O–H groups in total. The van der Waals surface area contributed by atoms with Crippen molar-refractivity contribution >= 4 is 42.0 Å². The van der Waals surface area contributed by atoms with E-state index in [9.17, 15) is 4.79 Å². The van der Waals surface area contributed by atoms with Gasteiger partial charge in [-0.1, -0.05) is 81.4 Å². The van der Waals surface area contributed by atoms with Crippen molar-refractivity contribution in [3.05, 3.63) is 77.2 Å². The largest absolute Gasteiger partial charge is 0.405 e. The zero-order chi connectivity index (χ0) is 32.2. The Kier molecular flexibility index (Phi) is 9.99. The molecule has 1 aliphatic rings. The number of nitrogens with one attached hydrogen (secondary N) is 1. The van der Waals surface area contributed by atoms with Crippen molar-refractivity contribution in [1.82, 2.24) is 24.6 Å². The number of benzene rings is 2. The van der Waals surface area contributed by atoms with E-state index in [1.807, 2.05) is 40.1 Å². The Bertz CT molecular complexity index is 1600. The number of hydrogen-bond donors (Lipinski definition) is 1. The fourth-order valence-electron chi connectivity index (χ4n) is 6.00. The highest BCUT2D eigenvalue weighted by molar-refractivity contribution is 6.99. The van der Waals surface area contributed by atoms with Gasteiger partial charge in [-0.25, -0.2) is 9.67 Å². The first-order chi connectivity index (χ1) is 21.5. The van der Waals surface area contributed by atoms with Crippen molar-refractivity contribution < 1.29 is 18.6 Å². The zero-order valence-corrected chi connectivity index (χ0v) is 28.1. The standard InChI is InChI=1S/C33H44N6O5Si/c1-8-41-23(2)43-27-19-29(39-30-26(20-35-39)31(40)37-32(36-30)34-22-38(6)7)44-28(27)21-42-45(33(3,4)5,24-15-11-9-12-16-24)25-17-13-10-14-18-25/h9-18,20,22-23,27-29H,8,19,21H2,1-7H3,(H,36,37,40)/t23?,27-,28-,29-/m1/s1. The third-order valence-corrected chi connectivity index (χ3v) is 13.0. The average Bonchev–Trinajstić information content (AvgIpc) is 3.61. The Morgan fingerprint density at radius 1 is 1.13 bits per heavy atom. The summed E-state index contributed by atoms with van der Waals surface area (Å²) < 4.78 is 27.7. The molecule has 2 aromatic carbocycles. The number of nitrogens with zero attached hydrogens (tertiary/aromatic N) is 5. The van der Waals surface area contributed by atoms with Crippen LogP contribution in [0.4, 0.5) is 5.95 Å². The maximum atomic E-state index is 12.9. The molecule has 1 saturated heterocycles. The van der Waals surface area contributed by atoms with Crippen LogP contribution in [0.1, 0.15) is 47.3 Å². The van der Waals surface area contributed by atoms with E-state index in [4.69, 9.17) is 18.6 Å². The number of aromatic amines is 1. The monoisotopic (exact) mass is 632 g/mol. The number of hydrogen-bond acceptors (Lipinski definition) is 8. The summed E-state index contributed by atoms with van der Waals surface area (Å²) in [6.45, 7) is 11.4. The van der Waals surface area contributed by atoms with Crippen LogP contribution in [0.5, 0.6) is 0 Å². The van der Waals surface area contributed by atoms with Gasteiger partial charge in [0.05, 0.1) is 25.2 Å². The van der Waals surface area contributed by atoms with Crippen LogP contribution in [0.15, 0.2) is 76.6 Å².